The zero-order valence-electron chi connectivity index (χ0n) is 18.5. The van der Waals surface area contributed by atoms with Crippen LogP contribution in [0.4, 0.5) is 0 Å². The maximum absolute atomic E-state index is 11.8. The van der Waals surface area contributed by atoms with E-state index in [0.717, 1.165) is 29.0 Å². The van der Waals surface area contributed by atoms with E-state index in [-0.39, 0.29) is 0 Å². The predicted molar refractivity (Wildman–Crippen MR) is 123 cm³/mol. The second-order valence-corrected chi connectivity index (χ2v) is 9.72. The van der Waals surface area contributed by atoms with Crippen molar-refractivity contribution in [1.29, 1.82) is 0 Å². The lowest BCUT2D eigenvalue weighted by Crippen LogP contribution is -2.36. The molecule has 2 N–H and O–H groups in total. The SMILES string of the molecule is CCNC(=NCc1ccc(S(C)(=O)=O)c(C)c1)NCc1ccccc1OCC(C)C. The van der Waals surface area contributed by atoms with Crippen LogP contribution in [0, 0.1) is 12.8 Å². The number of benzene rings is 2. The average Bonchev–Trinajstić information content (AvgIpc) is 2.68. The number of aliphatic imine (C=N–C) groups is 1. The summed E-state index contributed by atoms with van der Waals surface area (Å²) < 4.78 is 29.5. The number of hydrogen-bond acceptors (Lipinski definition) is 4. The Labute approximate surface area is 180 Å². The van der Waals surface area contributed by atoms with Gasteiger partial charge in [0.2, 0.25) is 0 Å². The molecule has 2 rings (SSSR count). The highest BCUT2D eigenvalue weighted by molar-refractivity contribution is 7.90. The van der Waals surface area contributed by atoms with Crippen molar-refractivity contribution >= 4 is 15.8 Å². The number of sulfone groups is 1. The summed E-state index contributed by atoms with van der Waals surface area (Å²) in [5, 5.41) is 6.59. The van der Waals surface area contributed by atoms with E-state index in [9.17, 15) is 8.42 Å². The zero-order chi connectivity index (χ0) is 22.1. The van der Waals surface area contributed by atoms with Gasteiger partial charge in [0.1, 0.15) is 5.75 Å². The topological polar surface area (TPSA) is 79.8 Å². The highest BCUT2D eigenvalue weighted by Gasteiger charge is 2.11. The molecule has 0 unspecified atom stereocenters. The first-order valence-corrected chi connectivity index (χ1v) is 12.1. The number of para-hydroxylation sites is 1. The molecule has 0 atom stereocenters. The summed E-state index contributed by atoms with van der Waals surface area (Å²) in [5.74, 6) is 2.03. The van der Waals surface area contributed by atoms with Gasteiger partial charge in [0.15, 0.2) is 15.8 Å². The minimum absolute atomic E-state index is 0.360. The number of guanidine groups is 1. The highest BCUT2D eigenvalue weighted by Crippen LogP contribution is 2.19. The smallest absolute Gasteiger partial charge is 0.191 e. The summed E-state index contributed by atoms with van der Waals surface area (Å²) in [4.78, 5) is 5.00. The molecule has 0 heterocycles. The summed E-state index contributed by atoms with van der Waals surface area (Å²) in [6.07, 6.45) is 1.23. The van der Waals surface area contributed by atoms with E-state index in [1.54, 1.807) is 13.0 Å². The molecular formula is C23H33N3O3S. The molecule has 0 spiro atoms. The average molecular weight is 432 g/mol. The molecule has 0 radical (unpaired) electrons. The quantitative estimate of drug-likeness (QED) is 0.468. The molecule has 0 saturated heterocycles. The molecule has 0 aromatic heterocycles. The van der Waals surface area contributed by atoms with Crippen molar-refractivity contribution in [2.24, 2.45) is 10.9 Å². The molecule has 30 heavy (non-hydrogen) atoms. The van der Waals surface area contributed by atoms with Gasteiger partial charge in [-0.25, -0.2) is 13.4 Å². The third kappa shape index (κ3) is 7.37. The van der Waals surface area contributed by atoms with E-state index in [0.29, 0.717) is 36.5 Å². The van der Waals surface area contributed by atoms with Crippen LogP contribution in [0.25, 0.3) is 0 Å². The lowest BCUT2D eigenvalue weighted by Gasteiger charge is -2.15. The fourth-order valence-electron chi connectivity index (χ4n) is 2.96. The maximum Gasteiger partial charge on any atom is 0.191 e. The standard InChI is InChI=1S/C23H33N3O3S/c1-6-24-23(25-14-19-11-12-22(18(4)13-19)30(5,27)28)26-15-20-9-7-8-10-21(20)29-16-17(2)3/h7-13,17H,6,14-16H2,1-5H3,(H2,24,25,26). The Morgan fingerprint density at radius 2 is 1.87 bits per heavy atom. The van der Waals surface area contributed by atoms with Crippen molar-refractivity contribution in [3.05, 3.63) is 59.2 Å². The fourth-order valence-corrected chi connectivity index (χ4v) is 3.92. The Balaban J connectivity index is 2.08. The van der Waals surface area contributed by atoms with Crippen molar-refractivity contribution in [2.45, 2.75) is 45.7 Å². The van der Waals surface area contributed by atoms with Gasteiger partial charge >= 0.3 is 0 Å². The van der Waals surface area contributed by atoms with Gasteiger partial charge in [-0.15, -0.1) is 0 Å². The second-order valence-electron chi connectivity index (χ2n) is 7.73. The van der Waals surface area contributed by atoms with Crippen LogP contribution < -0.4 is 15.4 Å². The van der Waals surface area contributed by atoms with Crippen LogP contribution >= 0.6 is 0 Å². The van der Waals surface area contributed by atoms with E-state index < -0.39 is 9.84 Å². The van der Waals surface area contributed by atoms with Crippen LogP contribution in [0.15, 0.2) is 52.4 Å². The van der Waals surface area contributed by atoms with Crippen LogP contribution in [0.3, 0.4) is 0 Å². The Hall–Kier alpha value is -2.54. The molecule has 164 valence electrons. The Bertz CT molecular complexity index is 969. The van der Waals surface area contributed by atoms with Gasteiger partial charge in [-0.05, 0) is 43.0 Å². The molecule has 0 bridgehead atoms. The Kier molecular flexibility index (Phi) is 8.72. The number of nitrogens with zero attached hydrogens (tertiary/aromatic N) is 1. The first kappa shape index (κ1) is 23.7. The zero-order valence-corrected chi connectivity index (χ0v) is 19.3. The summed E-state index contributed by atoms with van der Waals surface area (Å²) in [5.41, 5.74) is 2.76. The maximum atomic E-state index is 11.8. The van der Waals surface area contributed by atoms with Crippen molar-refractivity contribution in [3.63, 3.8) is 0 Å². The number of aryl methyl sites for hydroxylation is 1. The van der Waals surface area contributed by atoms with Crippen LogP contribution in [0.2, 0.25) is 0 Å². The molecular weight excluding hydrogens is 398 g/mol. The first-order chi connectivity index (χ1) is 14.2. The monoisotopic (exact) mass is 431 g/mol. The van der Waals surface area contributed by atoms with E-state index in [1.807, 2.05) is 43.3 Å². The van der Waals surface area contributed by atoms with Gasteiger partial charge in [0.05, 0.1) is 18.0 Å². The van der Waals surface area contributed by atoms with Gasteiger partial charge < -0.3 is 15.4 Å². The summed E-state index contributed by atoms with van der Waals surface area (Å²) in [6.45, 7) is 10.5. The van der Waals surface area contributed by atoms with Gasteiger partial charge in [0, 0.05) is 24.9 Å². The molecule has 6 nitrogen and oxygen atoms in total. The van der Waals surface area contributed by atoms with E-state index >= 15 is 0 Å². The van der Waals surface area contributed by atoms with Crippen molar-refractivity contribution in [1.82, 2.24) is 10.6 Å². The largest absolute Gasteiger partial charge is 0.493 e. The molecule has 0 aliphatic heterocycles. The lowest BCUT2D eigenvalue weighted by molar-refractivity contribution is 0.268. The van der Waals surface area contributed by atoms with Crippen molar-refractivity contribution in [3.8, 4) is 5.75 Å². The lowest BCUT2D eigenvalue weighted by atomic mass is 10.1. The molecule has 7 heteroatoms. The second kappa shape index (κ2) is 11.0. The number of nitrogens with one attached hydrogen (secondary N) is 2. The molecule has 0 fully saturated rings. The molecule has 0 amide bonds. The van der Waals surface area contributed by atoms with E-state index in [2.05, 4.69) is 29.5 Å². The normalized spacial score (nSPS) is 12.1. The number of hydrogen-bond donors (Lipinski definition) is 2. The molecule has 0 aliphatic rings. The molecule has 2 aromatic rings. The third-order valence-electron chi connectivity index (χ3n) is 4.39. The van der Waals surface area contributed by atoms with E-state index in [1.165, 1.54) is 6.26 Å². The molecule has 0 saturated carbocycles. The minimum Gasteiger partial charge on any atom is -0.493 e. The van der Waals surface area contributed by atoms with Crippen LogP contribution in [-0.2, 0) is 22.9 Å². The van der Waals surface area contributed by atoms with Gasteiger partial charge in [-0.3, -0.25) is 0 Å². The Morgan fingerprint density at radius 1 is 1.13 bits per heavy atom. The fraction of sp³-hybridized carbons (Fsp3) is 0.435. The van der Waals surface area contributed by atoms with Crippen LogP contribution in [0.5, 0.6) is 5.75 Å². The molecule has 2 aromatic carbocycles. The first-order valence-electron chi connectivity index (χ1n) is 10.2. The number of ether oxygens (including phenoxy) is 1. The third-order valence-corrected chi connectivity index (χ3v) is 5.65. The van der Waals surface area contributed by atoms with Gasteiger partial charge in [-0.2, -0.15) is 0 Å². The predicted octanol–water partition coefficient (Wildman–Crippen LogP) is 3.69. The Morgan fingerprint density at radius 3 is 2.50 bits per heavy atom. The summed E-state index contributed by atoms with van der Waals surface area (Å²) >= 11 is 0. The number of rotatable bonds is 9. The van der Waals surface area contributed by atoms with Gasteiger partial charge in [0.25, 0.3) is 0 Å². The van der Waals surface area contributed by atoms with E-state index in [4.69, 9.17) is 4.74 Å². The van der Waals surface area contributed by atoms with Crippen LogP contribution in [-0.4, -0.2) is 33.8 Å². The van der Waals surface area contributed by atoms with Crippen LogP contribution in [0.1, 0.15) is 37.5 Å². The molecule has 0 aliphatic carbocycles. The summed E-state index contributed by atoms with van der Waals surface area (Å²) in [7, 11) is -3.22. The highest BCUT2D eigenvalue weighted by atomic mass is 32.2. The van der Waals surface area contributed by atoms with Crippen molar-refractivity contribution in [2.75, 3.05) is 19.4 Å². The van der Waals surface area contributed by atoms with Crippen molar-refractivity contribution < 1.29 is 13.2 Å². The van der Waals surface area contributed by atoms with Gasteiger partial charge in [-0.1, -0.05) is 44.2 Å². The summed E-state index contributed by atoms with van der Waals surface area (Å²) in [6, 6.07) is 13.3. The minimum atomic E-state index is -3.22.